The summed E-state index contributed by atoms with van der Waals surface area (Å²) in [6.07, 6.45) is 3.89. The summed E-state index contributed by atoms with van der Waals surface area (Å²) in [6, 6.07) is 8.38. The first-order chi connectivity index (χ1) is 12.0. The SMILES string of the molecule is N[C@@H](CC1CC1)C(=O)NC(Cc1ccccc1)[C@H](O)C(=O)NC1CC1. The van der Waals surface area contributed by atoms with Crippen LogP contribution in [0.1, 0.15) is 37.7 Å². The van der Waals surface area contributed by atoms with Gasteiger partial charge in [-0.2, -0.15) is 0 Å². The summed E-state index contributed by atoms with van der Waals surface area (Å²) in [5, 5.41) is 16.1. The van der Waals surface area contributed by atoms with E-state index in [-0.39, 0.29) is 11.9 Å². The molecular formula is C19H27N3O3. The van der Waals surface area contributed by atoms with Crippen molar-refractivity contribution in [1.29, 1.82) is 0 Å². The Kier molecular flexibility index (Phi) is 5.71. The molecule has 2 fully saturated rings. The second-order valence-corrected chi connectivity index (χ2v) is 7.32. The number of carbonyl (C=O) groups excluding carboxylic acids is 2. The maximum Gasteiger partial charge on any atom is 0.251 e. The lowest BCUT2D eigenvalue weighted by Gasteiger charge is -2.25. The van der Waals surface area contributed by atoms with Crippen molar-refractivity contribution < 1.29 is 14.7 Å². The molecule has 1 unspecified atom stereocenters. The van der Waals surface area contributed by atoms with Gasteiger partial charge in [0.2, 0.25) is 5.91 Å². The molecule has 6 nitrogen and oxygen atoms in total. The number of benzene rings is 1. The van der Waals surface area contributed by atoms with Crippen molar-refractivity contribution >= 4 is 11.8 Å². The predicted molar refractivity (Wildman–Crippen MR) is 94.6 cm³/mol. The monoisotopic (exact) mass is 345 g/mol. The van der Waals surface area contributed by atoms with E-state index in [2.05, 4.69) is 10.6 Å². The van der Waals surface area contributed by atoms with E-state index in [9.17, 15) is 14.7 Å². The van der Waals surface area contributed by atoms with Crippen molar-refractivity contribution in [3.05, 3.63) is 35.9 Å². The number of amides is 2. The third-order valence-electron chi connectivity index (χ3n) is 4.82. The van der Waals surface area contributed by atoms with E-state index in [0.29, 0.717) is 18.8 Å². The van der Waals surface area contributed by atoms with Crippen LogP contribution in [0.3, 0.4) is 0 Å². The smallest absolute Gasteiger partial charge is 0.251 e. The molecule has 3 atom stereocenters. The molecule has 1 aromatic carbocycles. The molecule has 0 bridgehead atoms. The second kappa shape index (κ2) is 7.97. The number of hydrogen-bond acceptors (Lipinski definition) is 4. The molecule has 0 heterocycles. The van der Waals surface area contributed by atoms with E-state index < -0.39 is 24.1 Å². The Balaban J connectivity index is 1.63. The van der Waals surface area contributed by atoms with Crippen molar-refractivity contribution in [2.75, 3.05) is 0 Å². The number of rotatable bonds is 9. The number of carbonyl (C=O) groups is 2. The molecule has 0 aromatic heterocycles. The summed E-state index contributed by atoms with van der Waals surface area (Å²) in [7, 11) is 0. The first kappa shape index (κ1) is 17.9. The highest BCUT2D eigenvalue weighted by molar-refractivity contribution is 5.85. The Bertz CT molecular complexity index is 599. The molecule has 3 rings (SSSR count). The van der Waals surface area contributed by atoms with E-state index >= 15 is 0 Å². The molecule has 1 aromatic rings. The zero-order chi connectivity index (χ0) is 17.8. The van der Waals surface area contributed by atoms with Crippen molar-refractivity contribution in [2.24, 2.45) is 11.7 Å². The van der Waals surface area contributed by atoms with Gasteiger partial charge < -0.3 is 21.5 Å². The van der Waals surface area contributed by atoms with Crippen molar-refractivity contribution in [2.45, 2.75) is 62.8 Å². The van der Waals surface area contributed by atoms with Gasteiger partial charge in [-0.05, 0) is 37.2 Å². The van der Waals surface area contributed by atoms with Crippen LogP contribution < -0.4 is 16.4 Å². The van der Waals surface area contributed by atoms with Crippen LogP contribution in [0.2, 0.25) is 0 Å². The van der Waals surface area contributed by atoms with Gasteiger partial charge >= 0.3 is 0 Å². The van der Waals surface area contributed by atoms with Crippen LogP contribution >= 0.6 is 0 Å². The maximum atomic E-state index is 12.4. The van der Waals surface area contributed by atoms with E-state index in [1.165, 1.54) is 0 Å². The minimum atomic E-state index is -1.29. The number of nitrogens with one attached hydrogen (secondary N) is 2. The lowest BCUT2D eigenvalue weighted by molar-refractivity contribution is -0.132. The molecule has 5 N–H and O–H groups in total. The molecular weight excluding hydrogens is 318 g/mol. The van der Waals surface area contributed by atoms with E-state index in [1.807, 2.05) is 30.3 Å². The van der Waals surface area contributed by atoms with Gasteiger partial charge in [-0.25, -0.2) is 0 Å². The summed E-state index contributed by atoms with van der Waals surface area (Å²) in [5.41, 5.74) is 6.92. The molecule has 2 saturated carbocycles. The van der Waals surface area contributed by atoms with Gasteiger partial charge in [-0.1, -0.05) is 43.2 Å². The van der Waals surface area contributed by atoms with Crippen LogP contribution in [0.4, 0.5) is 0 Å². The van der Waals surface area contributed by atoms with Gasteiger partial charge in [-0.3, -0.25) is 9.59 Å². The number of aliphatic hydroxyl groups is 1. The Hall–Kier alpha value is -1.92. The van der Waals surface area contributed by atoms with Crippen LogP contribution in [0.5, 0.6) is 0 Å². The zero-order valence-electron chi connectivity index (χ0n) is 14.4. The lowest BCUT2D eigenvalue weighted by Crippen LogP contribution is -2.55. The lowest BCUT2D eigenvalue weighted by atomic mass is 9.99. The van der Waals surface area contributed by atoms with Crippen LogP contribution in [0, 0.1) is 5.92 Å². The fourth-order valence-corrected chi connectivity index (χ4v) is 2.92. The molecule has 0 radical (unpaired) electrons. The third kappa shape index (κ3) is 5.54. The Morgan fingerprint density at radius 3 is 2.40 bits per heavy atom. The Morgan fingerprint density at radius 2 is 1.80 bits per heavy atom. The molecule has 6 heteroatoms. The zero-order valence-corrected chi connectivity index (χ0v) is 14.4. The van der Waals surface area contributed by atoms with E-state index in [4.69, 9.17) is 5.73 Å². The average Bonchev–Trinajstić information content (AvgIpc) is 3.51. The van der Waals surface area contributed by atoms with Crippen LogP contribution in [0.15, 0.2) is 30.3 Å². The van der Waals surface area contributed by atoms with Gasteiger partial charge in [-0.15, -0.1) is 0 Å². The number of hydrogen-bond donors (Lipinski definition) is 4. The fraction of sp³-hybridized carbons (Fsp3) is 0.579. The molecule has 0 spiro atoms. The highest BCUT2D eigenvalue weighted by atomic mass is 16.3. The largest absolute Gasteiger partial charge is 0.381 e. The van der Waals surface area contributed by atoms with Crippen LogP contribution in [0.25, 0.3) is 0 Å². The average molecular weight is 345 g/mol. The minimum absolute atomic E-state index is 0.160. The van der Waals surface area contributed by atoms with Gasteiger partial charge in [0.25, 0.3) is 5.91 Å². The van der Waals surface area contributed by atoms with Gasteiger partial charge in [0.05, 0.1) is 12.1 Å². The standard InChI is InChI=1S/C19H27N3O3/c20-15(10-13-6-7-13)18(24)22-16(11-12-4-2-1-3-5-12)17(23)19(25)21-14-8-9-14/h1-5,13-17,23H,6-11,20H2,(H,21,25)(H,22,24)/t15-,16?,17-/m0/s1. The first-order valence-corrected chi connectivity index (χ1v) is 9.11. The highest BCUT2D eigenvalue weighted by Crippen LogP contribution is 2.33. The van der Waals surface area contributed by atoms with Crippen LogP contribution in [-0.4, -0.2) is 41.2 Å². The normalized spacial score (nSPS) is 20.4. The van der Waals surface area contributed by atoms with E-state index in [1.54, 1.807) is 0 Å². The molecule has 25 heavy (non-hydrogen) atoms. The molecule has 0 aliphatic heterocycles. The first-order valence-electron chi connectivity index (χ1n) is 9.11. The van der Waals surface area contributed by atoms with Crippen molar-refractivity contribution in [3.63, 3.8) is 0 Å². The summed E-state index contributed by atoms with van der Waals surface area (Å²) >= 11 is 0. The third-order valence-corrected chi connectivity index (χ3v) is 4.82. The number of aliphatic hydroxyl groups excluding tert-OH is 1. The number of nitrogens with two attached hydrogens (primary N) is 1. The summed E-state index contributed by atoms with van der Waals surface area (Å²) < 4.78 is 0. The quantitative estimate of drug-likeness (QED) is 0.522. The predicted octanol–water partition coefficient (Wildman–Crippen LogP) is 0.481. The molecule has 2 aliphatic rings. The van der Waals surface area contributed by atoms with Crippen molar-refractivity contribution in [1.82, 2.24) is 10.6 Å². The van der Waals surface area contributed by atoms with Crippen molar-refractivity contribution in [3.8, 4) is 0 Å². The van der Waals surface area contributed by atoms with Gasteiger partial charge in [0.15, 0.2) is 6.10 Å². The topological polar surface area (TPSA) is 104 Å². The molecule has 2 amide bonds. The summed E-state index contributed by atoms with van der Waals surface area (Å²) in [6.45, 7) is 0. The molecule has 136 valence electrons. The van der Waals surface area contributed by atoms with Gasteiger partial charge in [0, 0.05) is 6.04 Å². The highest BCUT2D eigenvalue weighted by Gasteiger charge is 2.34. The fourth-order valence-electron chi connectivity index (χ4n) is 2.92. The van der Waals surface area contributed by atoms with Crippen LogP contribution in [-0.2, 0) is 16.0 Å². The summed E-state index contributed by atoms with van der Waals surface area (Å²) in [5.74, 6) is -0.193. The Morgan fingerprint density at radius 1 is 1.12 bits per heavy atom. The molecule has 2 aliphatic carbocycles. The Labute approximate surface area is 148 Å². The molecule has 0 saturated heterocycles. The van der Waals surface area contributed by atoms with E-state index in [0.717, 1.165) is 31.2 Å². The van der Waals surface area contributed by atoms with Gasteiger partial charge in [0.1, 0.15) is 0 Å². The minimum Gasteiger partial charge on any atom is -0.381 e. The maximum absolute atomic E-state index is 12.4. The second-order valence-electron chi connectivity index (χ2n) is 7.32. The summed E-state index contributed by atoms with van der Waals surface area (Å²) in [4.78, 5) is 24.6.